The van der Waals surface area contributed by atoms with Crippen molar-refractivity contribution >= 4 is 5.65 Å². The average Bonchev–Trinajstić information content (AvgIpc) is 2.84. The van der Waals surface area contributed by atoms with E-state index in [0.29, 0.717) is 0 Å². The van der Waals surface area contributed by atoms with Gasteiger partial charge in [-0.2, -0.15) is 0 Å². The van der Waals surface area contributed by atoms with Gasteiger partial charge in [0.25, 0.3) is 0 Å². The van der Waals surface area contributed by atoms with Crippen LogP contribution in [0.4, 0.5) is 0 Å². The average molecular weight is 252 g/mol. The molecule has 0 radical (unpaired) electrons. The van der Waals surface area contributed by atoms with Crippen LogP contribution >= 0.6 is 0 Å². The van der Waals surface area contributed by atoms with E-state index in [9.17, 15) is 0 Å². The number of pyridine rings is 1. The zero-order valence-corrected chi connectivity index (χ0v) is 11.3. The summed E-state index contributed by atoms with van der Waals surface area (Å²) in [4.78, 5) is 4.66. The lowest BCUT2D eigenvalue weighted by Crippen LogP contribution is -1.91. The molecule has 2 aromatic heterocycles. The highest BCUT2D eigenvalue weighted by atomic mass is 16.5. The molecule has 0 spiro atoms. The van der Waals surface area contributed by atoms with E-state index < -0.39 is 0 Å². The molecule has 0 atom stereocenters. The maximum Gasteiger partial charge on any atom is 0.137 e. The number of benzene rings is 1. The summed E-state index contributed by atoms with van der Waals surface area (Å²) in [6.07, 6.45) is 4.07. The van der Waals surface area contributed by atoms with Crippen molar-refractivity contribution in [3.63, 3.8) is 0 Å². The van der Waals surface area contributed by atoms with E-state index >= 15 is 0 Å². The predicted octanol–water partition coefficient (Wildman–Crippen LogP) is 3.63. The molecule has 0 bridgehead atoms. The summed E-state index contributed by atoms with van der Waals surface area (Å²) in [7, 11) is 1.70. The van der Waals surface area contributed by atoms with E-state index in [-0.39, 0.29) is 0 Å². The fraction of sp³-hybridized carbons (Fsp3) is 0.188. The van der Waals surface area contributed by atoms with Gasteiger partial charge in [0.15, 0.2) is 0 Å². The van der Waals surface area contributed by atoms with E-state index in [4.69, 9.17) is 4.74 Å². The van der Waals surface area contributed by atoms with Gasteiger partial charge in [-0.1, -0.05) is 6.07 Å². The van der Waals surface area contributed by atoms with Gasteiger partial charge >= 0.3 is 0 Å². The first-order chi connectivity index (χ1) is 9.19. The number of nitrogens with zero attached hydrogens (tertiary/aromatic N) is 2. The van der Waals surface area contributed by atoms with Crippen LogP contribution in [0.15, 0.2) is 42.7 Å². The Morgan fingerprint density at radius 2 is 1.95 bits per heavy atom. The van der Waals surface area contributed by atoms with E-state index in [1.165, 1.54) is 5.56 Å². The molecule has 0 amide bonds. The van der Waals surface area contributed by atoms with Crippen LogP contribution in [0.3, 0.4) is 0 Å². The second-order valence-electron chi connectivity index (χ2n) is 4.73. The highest BCUT2D eigenvalue weighted by Gasteiger charge is 2.10. The predicted molar refractivity (Wildman–Crippen MR) is 76.7 cm³/mol. The Bertz CT molecular complexity index is 711. The standard InChI is InChI=1S/C16H16N2O/c1-11-9-15(19-3)12(2)8-13(11)14-10-18-7-5-4-6-16(18)17-14/h4-10H,1-3H3. The quantitative estimate of drug-likeness (QED) is 0.696. The molecule has 3 nitrogen and oxygen atoms in total. The summed E-state index contributed by atoms with van der Waals surface area (Å²) in [5.41, 5.74) is 5.41. The minimum absolute atomic E-state index is 0.921. The van der Waals surface area contributed by atoms with Crippen molar-refractivity contribution in [2.45, 2.75) is 13.8 Å². The molecule has 0 unspecified atom stereocenters. The molecule has 0 aliphatic carbocycles. The number of imidazole rings is 1. The number of fused-ring (bicyclic) bond motifs is 1. The first-order valence-electron chi connectivity index (χ1n) is 6.28. The van der Waals surface area contributed by atoms with Gasteiger partial charge in [-0.15, -0.1) is 0 Å². The van der Waals surface area contributed by atoms with Gasteiger partial charge < -0.3 is 9.14 Å². The molecular weight excluding hydrogens is 236 g/mol. The fourth-order valence-corrected chi connectivity index (χ4v) is 2.35. The summed E-state index contributed by atoms with van der Waals surface area (Å²) >= 11 is 0. The van der Waals surface area contributed by atoms with Crippen LogP contribution in [0.5, 0.6) is 5.75 Å². The summed E-state index contributed by atoms with van der Waals surface area (Å²) in [5, 5.41) is 0. The Labute approximate surface area is 112 Å². The molecule has 3 aromatic rings. The Balaban J connectivity index is 2.18. The molecule has 2 heterocycles. The molecule has 1 aromatic carbocycles. The van der Waals surface area contributed by atoms with Crippen molar-refractivity contribution in [1.82, 2.24) is 9.38 Å². The Hall–Kier alpha value is -2.29. The number of ether oxygens (including phenoxy) is 1. The lowest BCUT2D eigenvalue weighted by Gasteiger charge is -2.09. The molecule has 0 saturated heterocycles. The van der Waals surface area contributed by atoms with Crippen molar-refractivity contribution in [3.8, 4) is 17.0 Å². The van der Waals surface area contributed by atoms with E-state index in [1.54, 1.807) is 7.11 Å². The largest absolute Gasteiger partial charge is 0.496 e. The third-order valence-electron chi connectivity index (χ3n) is 3.38. The molecule has 0 aliphatic rings. The van der Waals surface area contributed by atoms with Gasteiger partial charge in [0.05, 0.1) is 12.8 Å². The number of rotatable bonds is 2. The Morgan fingerprint density at radius 1 is 1.11 bits per heavy atom. The molecule has 0 saturated carbocycles. The maximum atomic E-state index is 5.35. The topological polar surface area (TPSA) is 26.5 Å². The third kappa shape index (κ3) is 1.97. The van der Waals surface area contributed by atoms with E-state index in [1.807, 2.05) is 28.8 Å². The summed E-state index contributed by atoms with van der Waals surface area (Å²) in [5.74, 6) is 0.921. The lowest BCUT2D eigenvalue weighted by atomic mass is 10.0. The Morgan fingerprint density at radius 3 is 2.68 bits per heavy atom. The van der Waals surface area contributed by atoms with Crippen molar-refractivity contribution in [2.24, 2.45) is 0 Å². The summed E-state index contributed by atoms with van der Waals surface area (Å²) in [6.45, 7) is 4.14. The number of aromatic nitrogens is 2. The monoisotopic (exact) mass is 252 g/mol. The molecule has 0 N–H and O–H groups in total. The zero-order chi connectivity index (χ0) is 13.4. The van der Waals surface area contributed by atoms with Gasteiger partial charge in [-0.25, -0.2) is 4.98 Å². The lowest BCUT2D eigenvalue weighted by molar-refractivity contribution is 0.411. The minimum Gasteiger partial charge on any atom is -0.496 e. The minimum atomic E-state index is 0.921. The molecule has 0 fully saturated rings. The van der Waals surface area contributed by atoms with Crippen LogP contribution in [0.1, 0.15) is 11.1 Å². The zero-order valence-electron chi connectivity index (χ0n) is 11.3. The number of hydrogen-bond donors (Lipinski definition) is 0. The normalized spacial score (nSPS) is 10.9. The molecule has 3 rings (SSSR count). The van der Waals surface area contributed by atoms with Gasteiger partial charge in [0.2, 0.25) is 0 Å². The maximum absolute atomic E-state index is 5.35. The second kappa shape index (κ2) is 4.43. The highest BCUT2D eigenvalue weighted by Crippen LogP contribution is 2.29. The highest BCUT2D eigenvalue weighted by molar-refractivity contribution is 5.68. The van der Waals surface area contributed by atoms with Crippen molar-refractivity contribution in [1.29, 1.82) is 0 Å². The number of hydrogen-bond acceptors (Lipinski definition) is 2. The van der Waals surface area contributed by atoms with Crippen LogP contribution < -0.4 is 4.74 Å². The summed E-state index contributed by atoms with van der Waals surface area (Å²) < 4.78 is 7.39. The smallest absolute Gasteiger partial charge is 0.137 e. The van der Waals surface area contributed by atoms with Crippen molar-refractivity contribution in [2.75, 3.05) is 7.11 Å². The molecule has 96 valence electrons. The Kier molecular flexibility index (Phi) is 2.75. The van der Waals surface area contributed by atoms with Crippen LogP contribution in [-0.4, -0.2) is 16.5 Å². The molecule has 3 heteroatoms. The first kappa shape index (κ1) is 11.8. The number of methoxy groups -OCH3 is 1. The second-order valence-corrected chi connectivity index (χ2v) is 4.73. The van der Waals surface area contributed by atoms with Crippen LogP contribution in [0.25, 0.3) is 16.9 Å². The van der Waals surface area contributed by atoms with Crippen LogP contribution in [0.2, 0.25) is 0 Å². The summed E-state index contributed by atoms with van der Waals surface area (Å²) in [6, 6.07) is 10.2. The first-order valence-corrected chi connectivity index (χ1v) is 6.28. The van der Waals surface area contributed by atoms with Gasteiger partial charge in [-0.05, 0) is 49.2 Å². The van der Waals surface area contributed by atoms with Gasteiger partial charge in [0, 0.05) is 18.0 Å². The molecular formula is C16H16N2O. The van der Waals surface area contributed by atoms with E-state index in [2.05, 4.69) is 37.2 Å². The molecule has 0 aliphatic heterocycles. The third-order valence-corrected chi connectivity index (χ3v) is 3.38. The number of aryl methyl sites for hydroxylation is 2. The van der Waals surface area contributed by atoms with Crippen molar-refractivity contribution in [3.05, 3.63) is 53.9 Å². The van der Waals surface area contributed by atoms with Crippen molar-refractivity contribution < 1.29 is 4.74 Å². The van der Waals surface area contributed by atoms with E-state index in [0.717, 1.165) is 28.2 Å². The van der Waals surface area contributed by atoms with Gasteiger partial charge in [-0.3, -0.25) is 0 Å². The fourth-order valence-electron chi connectivity index (χ4n) is 2.35. The SMILES string of the molecule is COc1cc(C)c(-c2cn3ccccc3n2)cc1C. The van der Waals surface area contributed by atoms with Crippen LogP contribution in [-0.2, 0) is 0 Å². The van der Waals surface area contributed by atoms with Gasteiger partial charge in [0.1, 0.15) is 11.4 Å². The van der Waals surface area contributed by atoms with Crippen LogP contribution in [0, 0.1) is 13.8 Å². The molecule has 19 heavy (non-hydrogen) atoms.